The second-order valence-electron chi connectivity index (χ2n) is 4.94. The lowest BCUT2D eigenvalue weighted by molar-refractivity contribution is 0.143. The van der Waals surface area contributed by atoms with E-state index in [9.17, 15) is 8.78 Å². The van der Waals surface area contributed by atoms with Gasteiger partial charge in [-0.15, -0.1) is 0 Å². The number of hydrogen-bond acceptors (Lipinski definition) is 2. The molecule has 1 aromatic heterocycles. The highest BCUT2D eigenvalue weighted by Gasteiger charge is 2.45. The van der Waals surface area contributed by atoms with E-state index in [1.807, 2.05) is 20.8 Å². The van der Waals surface area contributed by atoms with E-state index in [0.717, 1.165) is 19.3 Å². The van der Waals surface area contributed by atoms with Gasteiger partial charge in [-0.1, -0.05) is 20.8 Å². The first kappa shape index (κ1) is 11.6. The Kier molecular flexibility index (Phi) is 2.76. The van der Waals surface area contributed by atoms with E-state index in [-0.39, 0.29) is 17.0 Å². The molecule has 1 aromatic rings. The van der Waals surface area contributed by atoms with E-state index in [4.69, 9.17) is 4.42 Å². The normalized spacial score (nSPS) is 20.1. The molecule has 2 rings (SSSR count). The van der Waals surface area contributed by atoms with Crippen molar-refractivity contribution in [2.24, 2.45) is 0 Å². The molecule has 1 fully saturated rings. The lowest BCUT2D eigenvalue weighted by atomic mass is 10.0. The Morgan fingerprint density at radius 2 is 2.06 bits per heavy atom. The molecule has 0 bridgehead atoms. The molecule has 1 unspecified atom stereocenters. The van der Waals surface area contributed by atoms with Crippen LogP contribution in [0, 0.1) is 0 Å². The average molecular weight is 229 g/mol. The third-order valence-corrected chi connectivity index (χ3v) is 3.46. The summed E-state index contributed by atoms with van der Waals surface area (Å²) in [6, 6.07) is 0. The average Bonchev–Trinajstić information content (AvgIpc) is 2.84. The van der Waals surface area contributed by atoms with Crippen LogP contribution >= 0.6 is 0 Å². The fourth-order valence-corrected chi connectivity index (χ4v) is 1.70. The van der Waals surface area contributed by atoms with E-state index in [2.05, 4.69) is 4.98 Å². The molecule has 4 heteroatoms. The fraction of sp³-hybridized carbons (Fsp3) is 0.750. The van der Waals surface area contributed by atoms with E-state index >= 15 is 0 Å². The Bertz CT molecular complexity index is 382. The van der Waals surface area contributed by atoms with Crippen LogP contribution in [0.5, 0.6) is 0 Å². The first-order valence-corrected chi connectivity index (χ1v) is 5.77. The first-order valence-electron chi connectivity index (χ1n) is 5.77. The number of aromatic nitrogens is 1. The summed E-state index contributed by atoms with van der Waals surface area (Å²) >= 11 is 0. The van der Waals surface area contributed by atoms with Crippen LogP contribution in [0.4, 0.5) is 8.78 Å². The second-order valence-corrected chi connectivity index (χ2v) is 4.94. The van der Waals surface area contributed by atoms with Crippen LogP contribution < -0.4 is 0 Å². The molecule has 0 radical (unpaired) electrons. The van der Waals surface area contributed by atoms with Gasteiger partial charge in [0.15, 0.2) is 0 Å². The molecule has 1 aliphatic rings. The van der Waals surface area contributed by atoms with Gasteiger partial charge in [0, 0.05) is 11.3 Å². The van der Waals surface area contributed by atoms with Crippen molar-refractivity contribution in [1.82, 2.24) is 4.98 Å². The number of hydrogen-bond donors (Lipinski definition) is 0. The molecule has 1 aliphatic carbocycles. The van der Waals surface area contributed by atoms with Gasteiger partial charge in [-0.05, 0) is 19.3 Å². The molecule has 16 heavy (non-hydrogen) atoms. The predicted octanol–water partition coefficient (Wildman–Crippen LogP) is 4.18. The van der Waals surface area contributed by atoms with E-state index < -0.39 is 6.43 Å². The summed E-state index contributed by atoms with van der Waals surface area (Å²) in [6.07, 6.45) is 0.209. The summed E-state index contributed by atoms with van der Waals surface area (Å²) in [4.78, 5) is 4.00. The maximum atomic E-state index is 12.8. The molecule has 1 atom stereocenters. The number of alkyl halides is 2. The van der Waals surface area contributed by atoms with Crippen molar-refractivity contribution in [3.8, 4) is 0 Å². The van der Waals surface area contributed by atoms with Crippen LogP contribution in [0.15, 0.2) is 4.42 Å². The minimum atomic E-state index is -2.54. The summed E-state index contributed by atoms with van der Waals surface area (Å²) in [6.45, 7) is 5.86. The summed E-state index contributed by atoms with van der Waals surface area (Å²) in [5, 5.41) is 0. The smallest absolute Gasteiger partial charge is 0.283 e. The third-order valence-electron chi connectivity index (χ3n) is 3.46. The molecule has 1 heterocycles. The molecule has 90 valence electrons. The highest BCUT2D eigenvalue weighted by atomic mass is 19.3. The standard InChI is InChI=1S/C12H17F2NO/c1-4-7(2)9-8(10(13)14)15-11(16-9)12(3)5-6-12/h7,10H,4-6H2,1-3H3. The third kappa shape index (κ3) is 1.85. The van der Waals surface area contributed by atoms with Crippen LogP contribution in [0.3, 0.4) is 0 Å². The molecule has 0 N–H and O–H groups in total. The fourth-order valence-electron chi connectivity index (χ4n) is 1.70. The van der Waals surface area contributed by atoms with Crippen molar-refractivity contribution in [2.45, 2.75) is 57.8 Å². The van der Waals surface area contributed by atoms with Crippen molar-refractivity contribution in [1.29, 1.82) is 0 Å². The lowest BCUT2D eigenvalue weighted by Crippen LogP contribution is -2.00. The van der Waals surface area contributed by atoms with E-state index in [0.29, 0.717) is 11.7 Å². The van der Waals surface area contributed by atoms with E-state index in [1.54, 1.807) is 0 Å². The zero-order chi connectivity index (χ0) is 11.9. The topological polar surface area (TPSA) is 26.0 Å². The molecule has 0 aromatic carbocycles. The highest BCUT2D eigenvalue weighted by Crippen LogP contribution is 2.48. The van der Waals surface area contributed by atoms with Gasteiger partial charge in [-0.2, -0.15) is 0 Å². The van der Waals surface area contributed by atoms with Gasteiger partial charge >= 0.3 is 0 Å². The molecule has 0 spiro atoms. The van der Waals surface area contributed by atoms with Crippen molar-refractivity contribution >= 4 is 0 Å². The Morgan fingerprint density at radius 3 is 2.50 bits per heavy atom. The molecule has 2 nitrogen and oxygen atoms in total. The number of nitrogens with zero attached hydrogens (tertiary/aromatic N) is 1. The van der Waals surface area contributed by atoms with Gasteiger partial charge in [-0.3, -0.25) is 0 Å². The minimum absolute atomic E-state index is 0.00704. The Hall–Kier alpha value is -0.930. The Balaban J connectivity index is 2.38. The summed E-state index contributed by atoms with van der Waals surface area (Å²) in [5.41, 5.74) is -0.243. The number of rotatable bonds is 4. The molecule has 0 aliphatic heterocycles. The molecule has 0 saturated heterocycles. The van der Waals surface area contributed by atoms with Crippen molar-refractivity contribution in [3.63, 3.8) is 0 Å². The van der Waals surface area contributed by atoms with Crippen LogP contribution in [0.25, 0.3) is 0 Å². The summed E-state index contributed by atoms with van der Waals surface area (Å²) in [5.74, 6) is 0.881. The van der Waals surface area contributed by atoms with Crippen LogP contribution in [0.1, 0.15) is 69.7 Å². The van der Waals surface area contributed by atoms with Gasteiger partial charge in [-0.25, -0.2) is 13.8 Å². The molecule has 1 saturated carbocycles. The largest absolute Gasteiger partial charge is 0.444 e. The second kappa shape index (κ2) is 3.82. The molecular weight excluding hydrogens is 212 g/mol. The number of oxazole rings is 1. The van der Waals surface area contributed by atoms with Gasteiger partial charge in [0.25, 0.3) is 6.43 Å². The predicted molar refractivity (Wildman–Crippen MR) is 56.8 cm³/mol. The van der Waals surface area contributed by atoms with Gasteiger partial charge in [0.05, 0.1) is 0 Å². The summed E-state index contributed by atoms with van der Waals surface area (Å²) < 4.78 is 31.2. The summed E-state index contributed by atoms with van der Waals surface area (Å²) in [7, 11) is 0. The zero-order valence-electron chi connectivity index (χ0n) is 9.89. The molecular formula is C12H17F2NO. The van der Waals surface area contributed by atoms with Gasteiger partial charge in [0.2, 0.25) is 5.89 Å². The lowest BCUT2D eigenvalue weighted by Gasteiger charge is -2.06. The van der Waals surface area contributed by atoms with E-state index in [1.165, 1.54) is 0 Å². The quantitative estimate of drug-likeness (QED) is 0.774. The zero-order valence-corrected chi connectivity index (χ0v) is 9.89. The maximum absolute atomic E-state index is 12.8. The highest BCUT2D eigenvalue weighted by molar-refractivity contribution is 5.22. The van der Waals surface area contributed by atoms with Crippen LogP contribution in [-0.2, 0) is 5.41 Å². The monoisotopic (exact) mass is 229 g/mol. The van der Waals surface area contributed by atoms with Crippen LogP contribution in [-0.4, -0.2) is 4.98 Å². The Labute approximate surface area is 94.1 Å². The Morgan fingerprint density at radius 1 is 1.44 bits per heavy atom. The van der Waals surface area contributed by atoms with Crippen molar-refractivity contribution < 1.29 is 13.2 Å². The van der Waals surface area contributed by atoms with Crippen molar-refractivity contribution in [2.75, 3.05) is 0 Å². The molecule has 0 amide bonds. The maximum Gasteiger partial charge on any atom is 0.283 e. The SMILES string of the molecule is CCC(C)c1oc(C2(C)CC2)nc1C(F)F. The van der Waals surface area contributed by atoms with Crippen LogP contribution in [0.2, 0.25) is 0 Å². The first-order chi connectivity index (χ1) is 7.48. The van der Waals surface area contributed by atoms with Crippen molar-refractivity contribution in [3.05, 3.63) is 17.3 Å². The minimum Gasteiger partial charge on any atom is -0.444 e. The number of halogens is 2. The van der Waals surface area contributed by atoms with Gasteiger partial charge in [0.1, 0.15) is 11.5 Å². The van der Waals surface area contributed by atoms with Gasteiger partial charge < -0.3 is 4.42 Å².